The van der Waals surface area contributed by atoms with Gasteiger partial charge in [-0.05, 0) is 19.6 Å². The molecule has 0 bridgehead atoms. The van der Waals surface area contributed by atoms with Crippen LogP contribution >= 0.6 is 0 Å². The molecule has 0 aromatic heterocycles. The Bertz CT molecular complexity index is 43.8. The Labute approximate surface area is 60.5 Å². The first-order valence-corrected chi connectivity index (χ1v) is 4.98. The molecule has 0 aliphatic carbocycles. The lowest BCUT2D eigenvalue weighted by Crippen LogP contribution is -2.23. The van der Waals surface area contributed by atoms with Gasteiger partial charge >= 0.3 is 0 Å². The van der Waals surface area contributed by atoms with Crippen molar-refractivity contribution in [3.63, 3.8) is 0 Å². The van der Waals surface area contributed by atoms with Gasteiger partial charge in [-0.1, -0.05) is 19.1 Å². The summed E-state index contributed by atoms with van der Waals surface area (Å²) in [6, 6.07) is 0. The molecular formula is C6H16AlN. The molecule has 0 amide bonds. The van der Waals surface area contributed by atoms with Crippen LogP contribution in [0.25, 0.3) is 0 Å². The van der Waals surface area contributed by atoms with E-state index in [0.717, 1.165) is 0 Å². The summed E-state index contributed by atoms with van der Waals surface area (Å²) in [6.07, 6.45) is 0. The van der Waals surface area contributed by atoms with E-state index in [2.05, 4.69) is 18.7 Å². The molecule has 0 unspecified atom stereocenters. The molecule has 0 aliphatic heterocycles. The van der Waals surface area contributed by atoms with E-state index in [1.54, 1.807) is 0 Å². The lowest BCUT2D eigenvalue weighted by Gasteiger charge is -2.15. The maximum absolute atomic E-state index is 2.47. The van der Waals surface area contributed by atoms with Crippen molar-refractivity contribution in [3.8, 4) is 0 Å². The topological polar surface area (TPSA) is 3.24 Å². The Hall–Kier alpha value is 0.492. The Morgan fingerprint density at radius 2 is 1.75 bits per heavy atom. The van der Waals surface area contributed by atoms with Crippen molar-refractivity contribution in [1.29, 1.82) is 0 Å². The van der Waals surface area contributed by atoms with Crippen LogP contribution in [0.1, 0.15) is 13.8 Å². The van der Waals surface area contributed by atoms with Gasteiger partial charge in [-0.2, -0.15) is 0 Å². The zero-order valence-electron chi connectivity index (χ0n) is 6.28. The highest BCUT2D eigenvalue weighted by Crippen LogP contribution is 1.86. The first kappa shape index (κ1) is 8.49. The molecule has 0 rings (SSSR count). The maximum Gasteiger partial charge on any atom is 0.213 e. The Morgan fingerprint density at radius 3 is 1.88 bits per heavy atom. The third-order valence-electron chi connectivity index (χ3n) is 1.43. The highest BCUT2D eigenvalue weighted by atomic mass is 27.0. The zero-order valence-corrected chi connectivity index (χ0v) is 8.28. The van der Waals surface area contributed by atoms with E-state index >= 15 is 0 Å². The third-order valence-corrected chi connectivity index (χ3v) is 1.88. The Morgan fingerprint density at radius 1 is 1.25 bits per heavy atom. The molecule has 0 fully saturated rings. The van der Waals surface area contributed by atoms with Crippen LogP contribution in [0.15, 0.2) is 0 Å². The van der Waals surface area contributed by atoms with E-state index in [1.807, 2.05) is 0 Å². The summed E-state index contributed by atoms with van der Waals surface area (Å²) in [7, 11) is 0. The smallest absolute Gasteiger partial charge is 0.213 e. The van der Waals surface area contributed by atoms with Gasteiger partial charge in [0, 0.05) is 0 Å². The van der Waals surface area contributed by atoms with Gasteiger partial charge in [0.15, 0.2) is 0 Å². The van der Waals surface area contributed by atoms with Gasteiger partial charge in [0.1, 0.15) is 0 Å². The van der Waals surface area contributed by atoms with Crippen LogP contribution in [0.4, 0.5) is 0 Å². The van der Waals surface area contributed by atoms with Crippen LogP contribution in [0, 0.1) is 0 Å². The monoisotopic (exact) mass is 129 g/mol. The van der Waals surface area contributed by atoms with Crippen LogP contribution in [0.2, 0.25) is 5.28 Å². The molecule has 1 nitrogen and oxygen atoms in total. The summed E-state index contributed by atoms with van der Waals surface area (Å²) in [5.74, 6) is 0. The summed E-state index contributed by atoms with van der Waals surface area (Å²) in [5, 5.41) is 1.42. The summed E-state index contributed by atoms with van der Waals surface area (Å²) in [5.41, 5.74) is 0. The minimum atomic E-state index is 1.22. The van der Waals surface area contributed by atoms with E-state index in [-0.39, 0.29) is 0 Å². The summed E-state index contributed by atoms with van der Waals surface area (Å²) < 4.78 is 0. The summed E-state index contributed by atoms with van der Waals surface area (Å²) in [6.45, 7) is 8.21. The predicted molar refractivity (Wildman–Crippen MR) is 41.1 cm³/mol. The largest absolute Gasteiger partial charge is 0.305 e. The fourth-order valence-corrected chi connectivity index (χ4v) is 1.49. The molecule has 0 saturated carbocycles. The van der Waals surface area contributed by atoms with Gasteiger partial charge in [-0.3, -0.25) is 0 Å². The van der Waals surface area contributed by atoms with Gasteiger partial charge in [0.2, 0.25) is 16.3 Å². The second-order valence-corrected chi connectivity index (χ2v) is 3.03. The molecule has 48 valence electrons. The van der Waals surface area contributed by atoms with Crippen LogP contribution in [-0.4, -0.2) is 40.8 Å². The van der Waals surface area contributed by atoms with E-state index in [4.69, 9.17) is 0 Å². The molecular weight excluding hydrogens is 113 g/mol. The molecule has 0 heterocycles. The molecule has 0 N–H and O–H groups in total. The third kappa shape index (κ3) is 3.49. The van der Waals surface area contributed by atoms with Gasteiger partial charge in [-0.25, -0.2) is 0 Å². The van der Waals surface area contributed by atoms with Crippen LogP contribution in [-0.2, 0) is 0 Å². The van der Waals surface area contributed by atoms with E-state index in [1.165, 1.54) is 41.2 Å². The van der Waals surface area contributed by atoms with Crippen LogP contribution in [0.3, 0.4) is 0 Å². The molecule has 0 radical (unpaired) electrons. The normalized spacial score (nSPS) is 10.4. The fraction of sp³-hybridized carbons (Fsp3) is 1.00. The van der Waals surface area contributed by atoms with Crippen molar-refractivity contribution in [2.75, 3.05) is 19.6 Å². The van der Waals surface area contributed by atoms with E-state index < -0.39 is 0 Å². The molecule has 8 heavy (non-hydrogen) atoms. The number of nitrogens with zero attached hydrogens (tertiary/aromatic N) is 1. The van der Waals surface area contributed by atoms with E-state index in [9.17, 15) is 0 Å². The van der Waals surface area contributed by atoms with Crippen LogP contribution < -0.4 is 0 Å². The molecule has 0 aromatic carbocycles. The average molecular weight is 129 g/mol. The Kier molecular flexibility index (Phi) is 5.97. The highest BCUT2D eigenvalue weighted by Gasteiger charge is 1.92. The molecule has 0 spiro atoms. The minimum absolute atomic E-state index is 1.22. The van der Waals surface area contributed by atoms with Crippen molar-refractivity contribution in [1.82, 2.24) is 4.90 Å². The summed E-state index contributed by atoms with van der Waals surface area (Å²) >= 11 is 1.35. The van der Waals surface area contributed by atoms with Gasteiger partial charge in [-0.15, -0.1) is 0 Å². The molecule has 0 aromatic rings. The van der Waals surface area contributed by atoms with Crippen molar-refractivity contribution >= 4 is 16.3 Å². The van der Waals surface area contributed by atoms with E-state index in [0.29, 0.717) is 0 Å². The van der Waals surface area contributed by atoms with Crippen molar-refractivity contribution in [3.05, 3.63) is 0 Å². The average Bonchev–Trinajstić information content (AvgIpc) is 1.83. The van der Waals surface area contributed by atoms with Crippen LogP contribution in [0.5, 0.6) is 0 Å². The number of hydrogen-bond donors (Lipinski definition) is 0. The van der Waals surface area contributed by atoms with Crippen molar-refractivity contribution in [2.45, 2.75) is 19.1 Å². The first-order valence-electron chi connectivity index (χ1n) is 3.57. The van der Waals surface area contributed by atoms with Crippen molar-refractivity contribution in [2.24, 2.45) is 0 Å². The molecule has 0 saturated heterocycles. The lowest BCUT2D eigenvalue weighted by molar-refractivity contribution is 0.321. The molecule has 2 heteroatoms. The van der Waals surface area contributed by atoms with Crippen molar-refractivity contribution < 1.29 is 0 Å². The standard InChI is InChI=1S/C6H14N.Al.2H/c1-4-7(5-2)6-3;;;/h1,4-6H2,2-3H3;;;. The second-order valence-electron chi connectivity index (χ2n) is 2.03. The minimum Gasteiger partial charge on any atom is -0.305 e. The van der Waals surface area contributed by atoms with Gasteiger partial charge < -0.3 is 4.90 Å². The SMILES string of the molecule is CCN(CC)C[CH2][AlH2]. The van der Waals surface area contributed by atoms with Gasteiger partial charge in [0.25, 0.3) is 0 Å². The molecule has 0 atom stereocenters. The number of rotatable bonds is 4. The molecule has 0 aliphatic rings. The highest BCUT2D eigenvalue weighted by molar-refractivity contribution is 6.08. The Balaban J connectivity index is 3.07. The quantitative estimate of drug-likeness (QED) is 0.496. The lowest BCUT2D eigenvalue weighted by atomic mass is 10.5. The van der Waals surface area contributed by atoms with Gasteiger partial charge in [0.05, 0.1) is 0 Å². The zero-order chi connectivity index (χ0) is 6.41. The summed E-state index contributed by atoms with van der Waals surface area (Å²) in [4.78, 5) is 2.47. The first-order chi connectivity index (χ1) is 3.85. The number of hydrogen-bond acceptors (Lipinski definition) is 1. The fourth-order valence-electron chi connectivity index (χ4n) is 0.856. The second kappa shape index (κ2) is 5.63. The maximum atomic E-state index is 2.47. The predicted octanol–water partition coefficient (Wildman–Crippen LogP) is 0.380.